The van der Waals surface area contributed by atoms with Crippen LogP contribution in [0, 0.1) is 12.7 Å². The van der Waals surface area contributed by atoms with Crippen LogP contribution in [0.25, 0.3) is 0 Å². The van der Waals surface area contributed by atoms with Crippen LogP contribution in [-0.2, 0) is 9.59 Å². The van der Waals surface area contributed by atoms with E-state index in [1.54, 1.807) is 32.0 Å². The molecule has 2 aromatic carbocycles. The van der Waals surface area contributed by atoms with E-state index in [2.05, 4.69) is 10.6 Å². The Balaban J connectivity index is 1.86. The lowest BCUT2D eigenvalue weighted by atomic mass is 10.1. The molecule has 118 valence electrons. The lowest BCUT2D eigenvalue weighted by Gasteiger charge is -2.31. The molecule has 4 nitrogen and oxygen atoms in total. The van der Waals surface area contributed by atoms with Crippen LogP contribution < -0.4 is 10.6 Å². The van der Waals surface area contributed by atoms with Gasteiger partial charge >= 0.3 is 0 Å². The van der Waals surface area contributed by atoms with Crippen LogP contribution in [0.3, 0.4) is 0 Å². The van der Waals surface area contributed by atoms with Crippen LogP contribution in [0.1, 0.15) is 12.5 Å². The average molecular weight is 330 g/mol. The summed E-state index contributed by atoms with van der Waals surface area (Å²) in [7, 11) is 0. The summed E-state index contributed by atoms with van der Waals surface area (Å²) in [5, 5.41) is 5.36. The summed E-state index contributed by atoms with van der Waals surface area (Å²) in [6.45, 7) is 3.20. The number of nitrogens with one attached hydrogen (secondary N) is 2. The number of rotatable bonds is 2. The van der Waals surface area contributed by atoms with E-state index in [1.807, 2.05) is 18.2 Å². The van der Waals surface area contributed by atoms with Gasteiger partial charge in [0.2, 0.25) is 11.8 Å². The molecule has 0 radical (unpaired) electrons. The van der Waals surface area contributed by atoms with Crippen molar-refractivity contribution in [3.63, 3.8) is 0 Å². The molecule has 0 fully saturated rings. The molecular formula is C17H15FN2O2S. The first-order valence-corrected chi connectivity index (χ1v) is 7.89. The number of para-hydroxylation sites is 1. The third-order valence-corrected chi connectivity index (χ3v) is 5.10. The van der Waals surface area contributed by atoms with Crippen molar-refractivity contribution in [2.45, 2.75) is 23.5 Å². The van der Waals surface area contributed by atoms with Crippen molar-refractivity contribution in [3.8, 4) is 0 Å². The fraction of sp³-hybridized carbons (Fsp3) is 0.176. The van der Waals surface area contributed by atoms with Gasteiger partial charge in [-0.1, -0.05) is 30.0 Å². The number of thioether (sulfide) groups is 1. The minimum atomic E-state index is -1.32. The molecule has 1 aliphatic rings. The summed E-state index contributed by atoms with van der Waals surface area (Å²) in [6.07, 6.45) is 0. The maximum Gasteiger partial charge on any atom is 0.250 e. The summed E-state index contributed by atoms with van der Waals surface area (Å²) in [5.41, 5.74) is 1.51. The SMILES string of the molecule is Cc1ccc(NC(=O)C2(C)Sc3ccccc3NC2=O)cc1F. The Hall–Kier alpha value is -2.34. The number of hydrogen-bond acceptors (Lipinski definition) is 3. The number of benzene rings is 2. The summed E-state index contributed by atoms with van der Waals surface area (Å²) in [5.74, 6) is -1.29. The molecule has 0 aromatic heterocycles. The number of amides is 2. The van der Waals surface area contributed by atoms with Gasteiger partial charge in [-0.25, -0.2) is 4.39 Å². The Bertz CT molecular complexity index is 809. The molecule has 0 saturated carbocycles. The Morgan fingerprint density at radius 1 is 1.26 bits per heavy atom. The molecule has 1 heterocycles. The van der Waals surface area contributed by atoms with Crippen LogP contribution in [0.5, 0.6) is 0 Å². The van der Waals surface area contributed by atoms with Gasteiger partial charge in [0.15, 0.2) is 4.75 Å². The van der Waals surface area contributed by atoms with Crippen LogP contribution in [-0.4, -0.2) is 16.6 Å². The monoisotopic (exact) mass is 330 g/mol. The minimum absolute atomic E-state index is 0.326. The largest absolute Gasteiger partial charge is 0.324 e. The van der Waals surface area contributed by atoms with Crippen molar-refractivity contribution >= 4 is 35.0 Å². The highest BCUT2D eigenvalue weighted by molar-refractivity contribution is 8.02. The Labute approximate surface area is 137 Å². The number of carbonyl (C=O) groups is 2. The number of carbonyl (C=O) groups excluding carboxylic acids is 2. The second-order valence-corrected chi connectivity index (χ2v) is 6.96. The van der Waals surface area contributed by atoms with E-state index in [1.165, 1.54) is 17.8 Å². The van der Waals surface area contributed by atoms with Crippen LogP contribution in [0.4, 0.5) is 15.8 Å². The van der Waals surface area contributed by atoms with Gasteiger partial charge in [-0.05, 0) is 43.7 Å². The maximum atomic E-state index is 13.6. The molecular weight excluding hydrogens is 315 g/mol. The molecule has 0 spiro atoms. The first kappa shape index (κ1) is 15.6. The second kappa shape index (κ2) is 5.70. The molecule has 23 heavy (non-hydrogen) atoms. The molecule has 2 amide bonds. The highest BCUT2D eigenvalue weighted by Crippen LogP contribution is 2.42. The molecule has 3 rings (SSSR count). The Morgan fingerprint density at radius 2 is 2.00 bits per heavy atom. The topological polar surface area (TPSA) is 58.2 Å². The van der Waals surface area contributed by atoms with E-state index in [4.69, 9.17) is 0 Å². The van der Waals surface area contributed by atoms with Crippen molar-refractivity contribution in [2.24, 2.45) is 0 Å². The van der Waals surface area contributed by atoms with E-state index in [-0.39, 0.29) is 0 Å². The Morgan fingerprint density at radius 3 is 2.74 bits per heavy atom. The molecule has 2 aromatic rings. The minimum Gasteiger partial charge on any atom is -0.324 e. The summed E-state index contributed by atoms with van der Waals surface area (Å²) in [6, 6.07) is 11.7. The highest BCUT2D eigenvalue weighted by Gasteiger charge is 2.45. The smallest absolute Gasteiger partial charge is 0.250 e. The molecule has 1 aliphatic heterocycles. The highest BCUT2D eigenvalue weighted by atomic mass is 32.2. The molecule has 0 aliphatic carbocycles. The summed E-state index contributed by atoms with van der Waals surface area (Å²) in [4.78, 5) is 25.8. The summed E-state index contributed by atoms with van der Waals surface area (Å²) < 4.78 is 12.3. The number of anilines is 2. The zero-order valence-electron chi connectivity index (χ0n) is 12.6. The first-order chi connectivity index (χ1) is 10.9. The van der Waals surface area contributed by atoms with Gasteiger partial charge < -0.3 is 10.6 Å². The lowest BCUT2D eigenvalue weighted by molar-refractivity contribution is -0.126. The number of aryl methyl sites for hydroxylation is 1. The zero-order valence-corrected chi connectivity index (χ0v) is 13.5. The van der Waals surface area contributed by atoms with Crippen molar-refractivity contribution < 1.29 is 14.0 Å². The number of fused-ring (bicyclic) bond motifs is 1. The van der Waals surface area contributed by atoms with E-state index in [0.29, 0.717) is 16.9 Å². The predicted molar refractivity (Wildman–Crippen MR) is 89.1 cm³/mol. The molecule has 1 unspecified atom stereocenters. The van der Waals surface area contributed by atoms with Crippen LogP contribution in [0.2, 0.25) is 0 Å². The van der Waals surface area contributed by atoms with Gasteiger partial charge in [0.25, 0.3) is 0 Å². The fourth-order valence-corrected chi connectivity index (χ4v) is 3.34. The third-order valence-electron chi connectivity index (χ3n) is 3.75. The van der Waals surface area contributed by atoms with Gasteiger partial charge in [0.05, 0.1) is 5.69 Å². The quantitative estimate of drug-likeness (QED) is 0.828. The standard InChI is InChI=1S/C17H15FN2O2S/c1-10-7-8-11(9-12(10)18)19-15(21)17(2)16(22)20-13-5-3-4-6-14(13)23-17/h3-9H,1-2H3,(H,19,21)(H,20,22). The molecule has 1 atom stereocenters. The van der Waals surface area contributed by atoms with Crippen molar-refractivity contribution in [1.82, 2.24) is 0 Å². The summed E-state index contributed by atoms with van der Waals surface area (Å²) >= 11 is 1.18. The fourth-order valence-electron chi connectivity index (χ4n) is 2.24. The van der Waals surface area contributed by atoms with Gasteiger partial charge in [0, 0.05) is 10.6 Å². The zero-order chi connectivity index (χ0) is 16.6. The average Bonchev–Trinajstić information content (AvgIpc) is 2.52. The molecule has 0 bridgehead atoms. The van der Waals surface area contributed by atoms with Crippen LogP contribution >= 0.6 is 11.8 Å². The van der Waals surface area contributed by atoms with Crippen molar-refractivity contribution in [2.75, 3.05) is 10.6 Å². The number of hydrogen-bond donors (Lipinski definition) is 2. The van der Waals surface area contributed by atoms with Crippen molar-refractivity contribution in [1.29, 1.82) is 0 Å². The van der Waals surface area contributed by atoms with E-state index < -0.39 is 22.4 Å². The lowest BCUT2D eigenvalue weighted by Crippen LogP contribution is -2.49. The molecule has 0 saturated heterocycles. The van der Waals surface area contributed by atoms with Crippen molar-refractivity contribution in [3.05, 3.63) is 53.8 Å². The predicted octanol–water partition coefficient (Wildman–Crippen LogP) is 3.58. The third kappa shape index (κ3) is 2.82. The molecule has 6 heteroatoms. The van der Waals surface area contributed by atoms with E-state index in [9.17, 15) is 14.0 Å². The van der Waals surface area contributed by atoms with E-state index in [0.717, 1.165) is 4.90 Å². The normalized spacial score (nSPS) is 19.7. The maximum absolute atomic E-state index is 13.6. The van der Waals surface area contributed by atoms with Gasteiger partial charge in [-0.2, -0.15) is 0 Å². The second-order valence-electron chi connectivity index (χ2n) is 5.50. The van der Waals surface area contributed by atoms with Gasteiger partial charge in [-0.15, -0.1) is 0 Å². The van der Waals surface area contributed by atoms with Gasteiger partial charge in [-0.3, -0.25) is 9.59 Å². The van der Waals surface area contributed by atoms with Gasteiger partial charge in [0.1, 0.15) is 5.82 Å². The first-order valence-electron chi connectivity index (χ1n) is 7.07. The number of halogens is 1. The Kier molecular flexibility index (Phi) is 3.85. The molecule has 2 N–H and O–H groups in total. The van der Waals surface area contributed by atoms with E-state index >= 15 is 0 Å². The van der Waals surface area contributed by atoms with Crippen LogP contribution in [0.15, 0.2) is 47.4 Å².